The first kappa shape index (κ1) is 20.0. The van der Waals surface area contributed by atoms with Crippen LogP contribution in [0.3, 0.4) is 0 Å². The summed E-state index contributed by atoms with van der Waals surface area (Å²) in [5.41, 5.74) is 1.79. The zero-order valence-electron chi connectivity index (χ0n) is 16.0. The number of halogens is 2. The van der Waals surface area contributed by atoms with Crippen molar-refractivity contribution in [3.05, 3.63) is 62.8 Å². The molecule has 0 radical (unpaired) electrons. The van der Waals surface area contributed by atoms with Crippen LogP contribution in [0.15, 0.2) is 36.1 Å². The predicted octanol–water partition coefficient (Wildman–Crippen LogP) is 6.40. The van der Waals surface area contributed by atoms with E-state index in [4.69, 9.17) is 32.7 Å². The number of fused-ring (bicyclic) bond motifs is 1. The van der Waals surface area contributed by atoms with Crippen molar-refractivity contribution < 1.29 is 19.1 Å². The number of hydrogen-bond donors (Lipinski definition) is 0. The monoisotopic (exact) mass is 430 g/mol. The van der Waals surface area contributed by atoms with Crippen LogP contribution in [-0.2, 0) is 4.79 Å². The summed E-state index contributed by atoms with van der Waals surface area (Å²) in [6.07, 6.45) is 6.65. The summed E-state index contributed by atoms with van der Waals surface area (Å²) in [7, 11) is 0. The van der Waals surface area contributed by atoms with Crippen LogP contribution in [0.1, 0.15) is 53.6 Å². The second-order valence-electron chi connectivity index (χ2n) is 7.43. The number of carbonyl (C=O) groups is 2. The number of rotatable bonds is 3. The molecular weight excluding hydrogens is 411 g/mol. The third-order valence-electron chi connectivity index (χ3n) is 5.43. The molecule has 1 heterocycles. The topological polar surface area (TPSA) is 52.6 Å². The van der Waals surface area contributed by atoms with Crippen LogP contribution in [0.25, 0.3) is 6.08 Å². The smallest absolute Gasteiger partial charge is 0.314 e. The van der Waals surface area contributed by atoms with Crippen molar-refractivity contribution in [3.63, 3.8) is 0 Å². The molecule has 0 saturated heterocycles. The fourth-order valence-corrected chi connectivity index (χ4v) is 4.07. The second kappa shape index (κ2) is 8.21. The largest absolute Gasteiger partial charge is 0.452 e. The number of benzene rings is 2. The lowest BCUT2D eigenvalue weighted by molar-refractivity contribution is -0.140. The van der Waals surface area contributed by atoms with E-state index in [0.717, 1.165) is 25.7 Å². The molecule has 4 nitrogen and oxygen atoms in total. The summed E-state index contributed by atoms with van der Waals surface area (Å²) in [6, 6.07) is 8.39. The van der Waals surface area contributed by atoms with E-state index in [1.807, 2.05) is 0 Å². The van der Waals surface area contributed by atoms with Gasteiger partial charge in [0.1, 0.15) is 11.5 Å². The molecule has 29 heavy (non-hydrogen) atoms. The van der Waals surface area contributed by atoms with Gasteiger partial charge in [0.2, 0.25) is 5.78 Å². The minimum Gasteiger partial charge on any atom is -0.452 e. The molecule has 2 aromatic carbocycles. The summed E-state index contributed by atoms with van der Waals surface area (Å²) >= 11 is 12.0. The highest BCUT2D eigenvalue weighted by Gasteiger charge is 2.31. The molecule has 4 rings (SSSR count). The van der Waals surface area contributed by atoms with Crippen molar-refractivity contribution in [2.75, 3.05) is 0 Å². The van der Waals surface area contributed by atoms with Gasteiger partial charge in [-0.05, 0) is 55.7 Å². The average Bonchev–Trinajstić information content (AvgIpc) is 3.04. The van der Waals surface area contributed by atoms with Gasteiger partial charge in [-0.25, -0.2) is 0 Å². The van der Waals surface area contributed by atoms with Crippen LogP contribution < -0.4 is 9.47 Å². The lowest BCUT2D eigenvalue weighted by Crippen LogP contribution is -2.23. The predicted molar refractivity (Wildman–Crippen MR) is 113 cm³/mol. The Balaban J connectivity index is 1.57. The van der Waals surface area contributed by atoms with Crippen molar-refractivity contribution in [2.45, 2.75) is 39.0 Å². The number of allylic oxidation sites excluding steroid dienone is 1. The zero-order chi connectivity index (χ0) is 20.5. The maximum atomic E-state index is 12.7. The zero-order valence-corrected chi connectivity index (χ0v) is 17.5. The fraction of sp³-hybridized carbons (Fsp3) is 0.304. The Hall–Kier alpha value is -2.30. The summed E-state index contributed by atoms with van der Waals surface area (Å²) in [4.78, 5) is 25.2. The molecule has 1 aliphatic heterocycles. The van der Waals surface area contributed by atoms with Gasteiger partial charge in [0, 0.05) is 5.56 Å². The Bertz CT molecular complexity index is 1020. The third kappa shape index (κ3) is 4.05. The van der Waals surface area contributed by atoms with Gasteiger partial charge < -0.3 is 9.47 Å². The summed E-state index contributed by atoms with van der Waals surface area (Å²) in [5.74, 6) is 0.572. The Labute approximate surface area is 179 Å². The van der Waals surface area contributed by atoms with E-state index in [0.29, 0.717) is 38.2 Å². The fourth-order valence-electron chi connectivity index (χ4n) is 3.76. The van der Waals surface area contributed by atoms with Crippen molar-refractivity contribution >= 4 is 41.0 Å². The molecule has 2 aromatic rings. The number of esters is 1. The van der Waals surface area contributed by atoms with Crippen LogP contribution in [-0.4, -0.2) is 11.8 Å². The lowest BCUT2D eigenvalue weighted by atomic mass is 9.89. The van der Waals surface area contributed by atoms with E-state index < -0.39 is 0 Å². The highest BCUT2D eigenvalue weighted by atomic mass is 35.5. The quantitative estimate of drug-likeness (QED) is 0.320. The molecule has 0 amide bonds. The Morgan fingerprint density at radius 3 is 2.59 bits per heavy atom. The van der Waals surface area contributed by atoms with Gasteiger partial charge in [-0.1, -0.05) is 48.5 Å². The standard InChI is InChI=1S/C23H20Cl2O4/c1-13-19(29-23(27)15-5-3-2-4-6-15)10-8-16-21(26)20(28-22(13)16)12-14-7-9-17(24)18(25)11-14/h7-12,15H,2-6H2,1H3/b20-12-. The first-order chi connectivity index (χ1) is 13.9. The summed E-state index contributed by atoms with van der Waals surface area (Å²) in [5, 5.41) is 0.841. The molecule has 1 saturated carbocycles. The molecule has 0 atom stereocenters. The van der Waals surface area contributed by atoms with Gasteiger partial charge in [0.15, 0.2) is 5.76 Å². The normalized spacial score (nSPS) is 17.9. The van der Waals surface area contributed by atoms with E-state index in [1.165, 1.54) is 6.42 Å². The maximum absolute atomic E-state index is 12.7. The van der Waals surface area contributed by atoms with Gasteiger partial charge in [-0.15, -0.1) is 0 Å². The van der Waals surface area contributed by atoms with Crippen molar-refractivity contribution in [1.29, 1.82) is 0 Å². The third-order valence-corrected chi connectivity index (χ3v) is 6.17. The second-order valence-corrected chi connectivity index (χ2v) is 8.25. The number of carbonyl (C=O) groups excluding carboxylic acids is 2. The van der Waals surface area contributed by atoms with Crippen LogP contribution in [0.4, 0.5) is 0 Å². The van der Waals surface area contributed by atoms with Gasteiger partial charge in [-0.3, -0.25) is 9.59 Å². The highest BCUT2D eigenvalue weighted by molar-refractivity contribution is 6.42. The van der Waals surface area contributed by atoms with Crippen LogP contribution in [0.5, 0.6) is 11.5 Å². The highest BCUT2D eigenvalue weighted by Crippen LogP contribution is 2.40. The molecule has 0 aromatic heterocycles. The number of ketones is 1. The number of ether oxygens (including phenoxy) is 2. The first-order valence-corrected chi connectivity index (χ1v) is 10.4. The van der Waals surface area contributed by atoms with E-state index in [2.05, 4.69) is 0 Å². The van der Waals surface area contributed by atoms with Crippen LogP contribution in [0, 0.1) is 12.8 Å². The molecular formula is C23H20Cl2O4. The molecule has 150 valence electrons. The number of hydrogen-bond acceptors (Lipinski definition) is 4. The summed E-state index contributed by atoms with van der Waals surface area (Å²) < 4.78 is 11.5. The van der Waals surface area contributed by atoms with E-state index in [9.17, 15) is 9.59 Å². The van der Waals surface area contributed by atoms with E-state index >= 15 is 0 Å². The maximum Gasteiger partial charge on any atom is 0.314 e. The molecule has 0 unspecified atom stereocenters. The average molecular weight is 431 g/mol. The van der Waals surface area contributed by atoms with Crippen LogP contribution in [0.2, 0.25) is 10.0 Å². The summed E-state index contributed by atoms with van der Waals surface area (Å²) in [6.45, 7) is 1.79. The van der Waals surface area contributed by atoms with Crippen molar-refractivity contribution in [3.8, 4) is 11.5 Å². The Morgan fingerprint density at radius 2 is 1.86 bits per heavy atom. The van der Waals surface area contributed by atoms with Gasteiger partial charge >= 0.3 is 5.97 Å². The molecule has 0 spiro atoms. The van der Waals surface area contributed by atoms with Crippen LogP contribution >= 0.6 is 23.2 Å². The van der Waals surface area contributed by atoms with E-state index in [1.54, 1.807) is 43.3 Å². The molecule has 1 fully saturated rings. The van der Waals surface area contributed by atoms with Gasteiger partial charge in [0.05, 0.1) is 21.5 Å². The first-order valence-electron chi connectivity index (χ1n) is 9.68. The number of Topliss-reactive ketones (excluding diaryl/α,β-unsaturated/α-hetero) is 1. The molecule has 6 heteroatoms. The minimum atomic E-state index is -0.223. The Morgan fingerprint density at radius 1 is 1.10 bits per heavy atom. The lowest BCUT2D eigenvalue weighted by Gasteiger charge is -2.20. The van der Waals surface area contributed by atoms with E-state index in [-0.39, 0.29) is 23.4 Å². The van der Waals surface area contributed by atoms with Gasteiger partial charge in [-0.2, -0.15) is 0 Å². The van der Waals surface area contributed by atoms with Crippen molar-refractivity contribution in [2.24, 2.45) is 5.92 Å². The van der Waals surface area contributed by atoms with Crippen molar-refractivity contribution in [1.82, 2.24) is 0 Å². The SMILES string of the molecule is Cc1c(OC(=O)C2CCCCC2)ccc2c1O/C(=C\c1ccc(Cl)c(Cl)c1)C2=O. The molecule has 2 aliphatic rings. The molecule has 1 aliphatic carbocycles. The minimum absolute atomic E-state index is 0.0518. The molecule has 0 N–H and O–H groups in total. The Kier molecular flexibility index (Phi) is 5.66. The molecule has 0 bridgehead atoms. The van der Waals surface area contributed by atoms with Gasteiger partial charge in [0.25, 0.3) is 0 Å².